The van der Waals surface area contributed by atoms with Crippen molar-refractivity contribution in [1.29, 1.82) is 0 Å². The smallest absolute Gasteiger partial charge is 0.151 e. The fourth-order valence-corrected chi connectivity index (χ4v) is 4.35. The molecule has 1 aliphatic heterocycles. The van der Waals surface area contributed by atoms with Crippen LogP contribution in [-0.2, 0) is 9.84 Å². The monoisotopic (exact) mass is 217 g/mol. The lowest BCUT2D eigenvalue weighted by Crippen LogP contribution is -2.39. The van der Waals surface area contributed by atoms with Crippen molar-refractivity contribution in [3.8, 4) is 0 Å². The van der Waals surface area contributed by atoms with Gasteiger partial charge in [0.05, 0.1) is 11.5 Å². The largest absolute Gasteiger partial charge is 0.313 e. The molecule has 1 aliphatic carbocycles. The molecule has 4 heteroatoms. The van der Waals surface area contributed by atoms with E-state index in [-0.39, 0.29) is 6.04 Å². The molecular weight excluding hydrogens is 198 g/mol. The third-order valence-electron chi connectivity index (χ3n) is 3.44. The zero-order valence-electron chi connectivity index (χ0n) is 8.54. The van der Waals surface area contributed by atoms with Crippen LogP contribution < -0.4 is 5.32 Å². The van der Waals surface area contributed by atoms with Crippen molar-refractivity contribution >= 4 is 9.84 Å². The van der Waals surface area contributed by atoms with Crippen LogP contribution in [-0.4, -0.2) is 32.5 Å². The molecule has 1 unspecified atom stereocenters. The fraction of sp³-hybridized carbons (Fsp3) is 1.00. The summed E-state index contributed by atoms with van der Waals surface area (Å²) >= 11 is 0. The number of nitrogens with one attached hydrogen (secondary N) is 1. The molecule has 1 heterocycles. The van der Waals surface area contributed by atoms with Gasteiger partial charge >= 0.3 is 0 Å². The van der Waals surface area contributed by atoms with Gasteiger partial charge in [-0.15, -0.1) is 0 Å². The quantitative estimate of drug-likeness (QED) is 0.711. The zero-order chi connectivity index (χ0) is 10.0. The minimum absolute atomic E-state index is 0.241. The standard InChI is InChI=1S/C10H19NO2S/c12-14(13)7-3-6-11-10(8-14)9-4-1-2-5-9/h9-11H,1-8H2. The lowest BCUT2D eigenvalue weighted by atomic mass is 10.00. The second-order valence-electron chi connectivity index (χ2n) is 4.57. The van der Waals surface area contributed by atoms with Crippen molar-refractivity contribution in [2.24, 2.45) is 5.92 Å². The van der Waals surface area contributed by atoms with E-state index in [2.05, 4.69) is 5.32 Å². The lowest BCUT2D eigenvalue weighted by Gasteiger charge is -2.21. The SMILES string of the molecule is O=S1(=O)CCCNC(C2CCCC2)C1. The van der Waals surface area contributed by atoms with Crippen LogP contribution in [0.4, 0.5) is 0 Å². The zero-order valence-corrected chi connectivity index (χ0v) is 9.35. The van der Waals surface area contributed by atoms with Crippen LogP contribution in [0, 0.1) is 5.92 Å². The number of hydrogen-bond donors (Lipinski definition) is 1. The molecule has 0 bridgehead atoms. The Bertz CT molecular complexity index is 280. The molecule has 2 fully saturated rings. The van der Waals surface area contributed by atoms with Gasteiger partial charge in [0.15, 0.2) is 9.84 Å². The van der Waals surface area contributed by atoms with E-state index in [1.807, 2.05) is 0 Å². The van der Waals surface area contributed by atoms with Gasteiger partial charge in [0, 0.05) is 6.04 Å². The number of hydrogen-bond acceptors (Lipinski definition) is 3. The fourth-order valence-electron chi connectivity index (χ4n) is 2.66. The first kappa shape index (κ1) is 10.4. The van der Waals surface area contributed by atoms with Crippen molar-refractivity contribution in [3.05, 3.63) is 0 Å². The summed E-state index contributed by atoms with van der Waals surface area (Å²) in [4.78, 5) is 0. The average molecular weight is 217 g/mol. The summed E-state index contributed by atoms with van der Waals surface area (Å²) in [6.45, 7) is 0.875. The molecule has 1 saturated heterocycles. The highest BCUT2D eigenvalue weighted by Gasteiger charge is 2.30. The second kappa shape index (κ2) is 4.19. The first-order chi connectivity index (χ1) is 6.67. The molecular formula is C10H19NO2S. The molecule has 1 N–H and O–H groups in total. The Morgan fingerprint density at radius 1 is 1.07 bits per heavy atom. The van der Waals surface area contributed by atoms with Crippen LogP contribution in [0.15, 0.2) is 0 Å². The van der Waals surface area contributed by atoms with Crippen molar-refractivity contribution in [3.63, 3.8) is 0 Å². The third-order valence-corrected chi connectivity index (χ3v) is 5.22. The molecule has 0 radical (unpaired) electrons. The highest BCUT2D eigenvalue weighted by Crippen LogP contribution is 2.29. The maximum absolute atomic E-state index is 11.6. The van der Waals surface area contributed by atoms with E-state index in [0.29, 0.717) is 17.4 Å². The highest BCUT2D eigenvalue weighted by atomic mass is 32.2. The molecule has 3 nitrogen and oxygen atoms in total. The topological polar surface area (TPSA) is 46.2 Å². The summed E-state index contributed by atoms with van der Waals surface area (Å²) in [6, 6.07) is 0.241. The predicted octanol–water partition coefficient (Wildman–Crippen LogP) is 0.953. The van der Waals surface area contributed by atoms with Gasteiger partial charge in [-0.25, -0.2) is 8.42 Å². The Morgan fingerprint density at radius 2 is 1.79 bits per heavy atom. The lowest BCUT2D eigenvalue weighted by molar-refractivity contribution is 0.389. The third kappa shape index (κ3) is 2.48. The average Bonchev–Trinajstić information content (AvgIpc) is 2.57. The summed E-state index contributed by atoms with van der Waals surface area (Å²) in [6.07, 6.45) is 5.78. The van der Waals surface area contributed by atoms with Gasteiger partial charge < -0.3 is 5.32 Å². The van der Waals surface area contributed by atoms with E-state index >= 15 is 0 Å². The molecule has 0 aromatic carbocycles. The molecule has 14 heavy (non-hydrogen) atoms. The van der Waals surface area contributed by atoms with Crippen LogP contribution in [0.25, 0.3) is 0 Å². The first-order valence-electron chi connectivity index (χ1n) is 5.61. The molecule has 0 aromatic rings. The molecule has 0 aromatic heterocycles. The Hall–Kier alpha value is -0.0900. The summed E-state index contributed by atoms with van der Waals surface area (Å²) in [7, 11) is -2.77. The summed E-state index contributed by atoms with van der Waals surface area (Å²) < 4.78 is 23.2. The van der Waals surface area contributed by atoms with Gasteiger partial charge in [-0.05, 0) is 31.7 Å². The molecule has 1 saturated carbocycles. The summed E-state index contributed by atoms with van der Waals surface area (Å²) in [5, 5.41) is 3.40. The summed E-state index contributed by atoms with van der Waals surface area (Å²) in [5.41, 5.74) is 0. The van der Waals surface area contributed by atoms with E-state index in [0.717, 1.165) is 13.0 Å². The molecule has 0 amide bonds. The Morgan fingerprint density at radius 3 is 2.50 bits per heavy atom. The maximum atomic E-state index is 11.6. The first-order valence-corrected chi connectivity index (χ1v) is 7.43. The van der Waals surface area contributed by atoms with E-state index in [1.54, 1.807) is 0 Å². The molecule has 2 rings (SSSR count). The van der Waals surface area contributed by atoms with Crippen molar-refractivity contribution in [1.82, 2.24) is 5.32 Å². The minimum atomic E-state index is -2.77. The van der Waals surface area contributed by atoms with Crippen molar-refractivity contribution in [2.45, 2.75) is 38.1 Å². The molecule has 2 aliphatic rings. The minimum Gasteiger partial charge on any atom is -0.313 e. The maximum Gasteiger partial charge on any atom is 0.151 e. The van der Waals surface area contributed by atoms with E-state index < -0.39 is 9.84 Å². The predicted molar refractivity (Wildman–Crippen MR) is 57.0 cm³/mol. The normalized spacial score (nSPS) is 34.1. The molecule has 82 valence electrons. The van der Waals surface area contributed by atoms with Crippen LogP contribution in [0.1, 0.15) is 32.1 Å². The van der Waals surface area contributed by atoms with Gasteiger partial charge in [-0.2, -0.15) is 0 Å². The highest BCUT2D eigenvalue weighted by molar-refractivity contribution is 7.91. The van der Waals surface area contributed by atoms with E-state index in [1.165, 1.54) is 25.7 Å². The summed E-state index contributed by atoms with van der Waals surface area (Å²) in [5.74, 6) is 1.36. The number of sulfone groups is 1. The van der Waals surface area contributed by atoms with Crippen LogP contribution in [0.3, 0.4) is 0 Å². The van der Waals surface area contributed by atoms with Gasteiger partial charge in [0.25, 0.3) is 0 Å². The van der Waals surface area contributed by atoms with E-state index in [9.17, 15) is 8.42 Å². The number of rotatable bonds is 1. The van der Waals surface area contributed by atoms with Gasteiger partial charge in [-0.3, -0.25) is 0 Å². The van der Waals surface area contributed by atoms with Crippen LogP contribution in [0.5, 0.6) is 0 Å². The van der Waals surface area contributed by atoms with Crippen molar-refractivity contribution < 1.29 is 8.42 Å². The Balaban J connectivity index is 2.03. The van der Waals surface area contributed by atoms with Gasteiger partial charge in [0.2, 0.25) is 0 Å². The van der Waals surface area contributed by atoms with Crippen molar-refractivity contribution in [2.75, 3.05) is 18.1 Å². The Kier molecular flexibility index (Phi) is 3.12. The van der Waals surface area contributed by atoms with E-state index in [4.69, 9.17) is 0 Å². The molecule has 1 atom stereocenters. The van der Waals surface area contributed by atoms with Gasteiger partial charge in [-0.1, -0.05) is 12.8 Å². The second-order valence-corrected chi connectivity index (χ2v) is 6.80. The van der Waals surface area contributed by atoms with Crippen LogP contribution in [0.2, 0.25) is 0 Å². The Labute approximate surface area is 86.2 Å². The van der Waals surface area contributed by atoms with Gasteiger partial charge in [0.1, 0.15) is 0 Å². The molecule has 0 spiro atoms. The van der Waals surface area contributed by atoms with Crippen LogP contribution >= 0.6 is 0 Å².